The maximum atomic E-state index is 11.2. The van der Waals surface area contributed by atoms with Crippen LogP contribution in [0.3, 0.4) is 0 Å². The molecule has 0 aromatic carbocycles. The topological polar surface area (TPSA) is 57.6 Å². The van der Waals surface area contributed by atoms with Crippen molar-refractivity contribution in [2.45, 2.75) is 65.6 Å². The molecule has 94 valence electrons. The standard InChI is InChI=1S/C12H23NO3/c1-8(2)13(9(3)4)11(6-10(5)14)7-12(15)16/h8-9,11H,6-7H2,1-5H3,(H,15,16). The summed E-state index contributed by atoms with van der Waals surface area (Å²) in [4.78, 5) is 24.1. The van der Waals surface area contributed by atoms with Crippen molar-refractivity contribution in [1.82, 2.24) is 4.90 Å². The third-order valence-electron chi connectivity index (χ3n) is 2.55. The summed E-state index contributed by atoms with van der Waals surface area (Å²) in [5, 5.41) is 8.87. The Kier molecular flexibility index (Phi) is 6.26. The van der Waals surface area contributed by atoms with Crippen molar-refractivity contribution in [3.8, 4) is 0 Å². The normalized spacial score (nSPS) is 13.5. The van der Waals surface area contributed by atoms with Crippen LogP contribution in [0.1, 0.15) is 47.5 Å². The van der Waals surface area contributed by atoms with E-state index in [1.54, 1.807) is 0 Å². The number of Topliss-reactive ketones (excluding diaryl/α,β-unsaturated/α-hetero) is 1. The van der Waals surface area contributed by atoms with Crippen LogP contribution in [0.2, 0.25) is 0 Å². The Morgan fingerprint density at radius 2 is 1.50 bits per heavy atom. The van der Waals surface area contributed by atoms with Gasteiger partial charge in [0, 0.05) is 24.5 Å². The van der Waals surface area contributed by atoms with Gasteiger partial charge in [0.05, 0.1) is 6.42 Å². The van der Waals surface area contributed by atoms with Crippen molar-refractivity contribution in [3.63, 3.8) is 0 Å². The highest BCUT2D eigenvalue weighted by Gasteiger charge is 2.26. The van der Waals surface area contributed by atoms with Crippen LogP contribution in [0.5, 0.6) is 0 Å². The summed E-state index contributed by atoms with van der Waals surface area (Å²) in [5.41, 5.74) is 0. The quantitative estimate of drug-likeness (QED) is 0.724. The first kappa shape index (κ1) is 15.1. The molecule has 16 heavy (non-hydrogen) atoms. The third kappa shape index (κ3) is 5.26. The Hall–Kier alpha value is -0.900. The largest absolute Gasteiger partial charge is 0.481 e. The average molecular weight is 229 g/mol. The zero-order valence-corrected chi connectivity index (χ0v) is 10.9. The predicted octanol–water partition coefficient (Wildman–Crippen LogP) is 1.93. The highest BCUT2D eigenvalue weighted by Crippen LogP contribution is 2.17. The Balaban J connectivity index is 4.80. The number of ketones is 1. The summed E-state index contributed by atoms with van der Waals surface area (Å²) in [7, 11) is 0. The van der Waals surface area contributed by atoms with E-state index in [0.29, 0.717) is 6.42 Å². The molecular weight excluding hydrogens is 206 g/mol. The van der Waals surface area contributed by atoms with Crippen molar-refractivity contribution in [2.24, 2.45) is 0 Å². The molecule has 1 N–H and O–H groups in total. The summed E-state index contributed by atoms with van der Waals surface area (Å²) in [6.07, 6.45) is 0.332. The molecule has 0 rings (SSSR count). The van der Waals surface area contributed by atoms with Gasteiger partial charge in [-0.3, -0.25) is 14.5 Å². The average Bonchev–Trinajstić information content (AvgIpc) is 1.98. The van der Waals surface area contributed by atoms with Crippen molar-refractivity contribution in [2.75, 3.05) is 0 Å². The van der Waals surface area contributed by atoms with Gasteiger partial charge in [-0.1, -0.05) is 0 Å². The first-order valence-corrected chi connectivity index (χ1v) is 5.74. The van der Waals surface area contributed by atoms with Gasteiger partial charge in [-0.25, -0.2) is 0 Å². The van der Waals surface area contributed by atoms with Crippen LogP contribution in [0.15, 0.2) is 0 Å². The summed E-state index contributed by atoms with van der Waals surface area (Å²) in [6, 6.07) is 0.280. The smallest absolute Gasteiger partial charge is 0.304 e. The van der Waals surface area contributed by atoms with Crippen LogP contribution in [0, 0.1) is 0 Å². The lowest BCUT2D eigenvalue weighted by atomic mass is 10.0. The van der Waals surface area contributed by atoms with Gasteiger partial charge in [0.15, 0.2) is 0 Å². The monoisotopic (exact) mass is 229 g/mol. The zero-order chi connectivity index (χ0) is 12.9. The molecule has 0 heterocycles. The van der Waals surface area contributed by atoms with Crippen molar-refractivity contribution in [1.29, 1.82) is 0 Å². The van der Waals surface area contributed by atoms with Gasteiger partial charge in [-0.15, -0.1) is 0 Å². The van der Waals surface area contributed by atoms with Gasteiger partial charge < -0.3 is 5.11 Å². The number of hydrogen-bond donors (Lipinski definition) is 1. The minimum atomic E-state index is -0.849. The third-order valence-corrected chi connectivity index (χ3v) is 2.55. The maximum absolute atomic E-state index is 11.2. The van der Waals surface area contributed by atoms with Crippen molar-refractivity contribution < 1.29 is 14.7 Å². The number of carboxylic acids is 1. The van der Waals surface area contributed by atoms with E-state index in [1.165, 1.54) is 6.92 Å². The van der Waals surface area contributed by atoms with Gasteiger partial charge in [0.1, 0.15) is 5.78 Å². The van der Waals surface area contributed by atoms with E-state index in [4.69, 9.17) is 5.11 Å². The molecule has 0 spiro atoms. The molecule has 0 aliphatic heterocycles. The molecular formula is C12H23NO3. The van der Waals surface area contributed by atoms with Crippen molar-refractivity contribution >= 4 is 11.8 Å². The Morgan fingerprint density at radius 3 is 1.75 bits per heavy atom. The van der Waals surface area contributed by atoms with E-state index in [2.05, 4.69) is 4.90 Å². The van der Waals surface area contributed by atoms with Crippen LogP contribution in [-0.4, -0.2) is 39.9 Å². The molecule has 0 aromatic heterocycles. The lowest BCUT2D eigenvalue weighted by molar-refractivity contribution is -0.139. The first-order valence-electron chi connectivity index (χ1n) is 5.74. The van der Waals surface area contributed by atoms with E-state index < -0.39 is 5.97 Å². The van der Waals surface area contributed by atoms with E-state index in [9.17, 15) is 9.59 Å². The molecule has 1 unspecified atom stereocenters. The van der Waals surface area contributed by atoms with Crippen LogP contribution in [0.25, 0.3) is 0 Å². The number of aliphatic carboxylic acids is 1. The molecule has 0 saturated heterocycles. The van der Waals surface area contributed by atoms with Gasteiger partial charge in [-0.2, -0.15) is 0 Å². The molecule has 0 aromatic rings. The van der Waals surface area contributed by atoms with Crippen LogP contribution in [0.4, 0.5) is 0 Å². The van der Waals surface area contributed by atoms with E-state index in [1.807, 2.05) is 27.7 Å². The number of carbonyl (C=O) groups excluding carboxylic acids is 1. The second kappa shape index (κ2) is 6.63. The number of carbonyl (C=O) groups is 2. The predicted molar refractivity (Wildman–Crippen MR) is 63.4 cm³/mol. The summed E-state index contributed by atoms with van der Waals surface area (Å²) < 4.78 is 0. The molecule has 0 radical (unpaired) electrons. The number of nitrogens with zero attached hydrogens (tertiary/aromatic N) is 1. The van der Waals surface area contributed by atoms with Crippen molar-refractivity contribution in [3.05, 3.63) is 0 Å². The molecule has 0 aliphatic rings. The Morgan fingerprint density at radius 1 is 1.06 bits per heavy atom. The first-order chi connectivity index (χ1) is 7.25. The van der Waals surface area contributed by atoms with Gasteiger partial charge in [0.25, 0.3) is 0 Å². The van der Waals surface area contributed by atoms with Crippen LogP contribution < -0.4 is 0 Å². The van der Waals surface area contributed by atoms with Crippen LogP contribution >= 0.6 is 0 Å². The molecule has 0 saturated carbocycles. The second-order valence-corrected chi connectivity index (χ2v) is 4.79. The fourth-order valence-corrected chi connectivity index (χ4v) is 2.26. The highest BCUT2D eigenvalue weighted by molar-refractivity contribution is 5.77. The van der Waals surface area contributed by atoms with Gasteiger partial charge in [-0.05, 0) is 34.6 Å². The van der Waals surface area contributed by atoms with E-state index in [0.717, 1.165) is 0 Å². The summed E-state index contributed by atoms with van der Waals surface area (Å²) >= 11 is 0. The van der Waals surface area contributed by atoms with Gasteiger partial charge >= 0.3 is 5.97 Å². The lowest BCUT2D eigenvalue weighted by Gasteiger charge is -2.37. The Labute approximate surface area is 97.6 Å². The van der Waals surface area contributed by atoms with Crippen LogP contribution in [-0.2, 0) is 9.59 Å². The van der Waals surface area contributed by atoms with E-state index >= 15 is 0 Å². The molecule has 1 atom stereocenters. The fourth-order valence-electron chi connectivity index (χ4n) is 2.26. The maximum Gasteiger partial charge on any atom is 0.304 e. The molecule has 0 amide bonds. The number of hydrogen-bond acceptors (Lipinski definition) is 3. The lowest BCUT2D eigenvalue weighted by Crippen LogP contribution is -2.46. The molecule has 4 nitrogen and oxygen atoms in total. The molecule has 0 bridgehead atoms. The molecule has 0 aliphatic carbocycles. The summed E-state index contributed by atoms with van der Waals surface area (Å²) in [5.74, 6) is -0.810. The molecule has 4 heteroatoms. The number of carboxylic acid groups (broad SMARTS) is 1. The minimum absolute atomic E-state index is 0.0237. The minimum Gasteiger partial charge on any atom is -0.481 e. The molecule has 0 fully saturated rings. The zero-order valence-electron chi connectivity index (χ0n) is 10.9. The number of rotatable bonds is 7. The van der Waals surface area contributed by atoms with Gasteiger partial charge in [0.2, 0.25) is 0 Å². The second-order valence-electron chi connectivity index (χ2n) is 4.79. The summed E-state index contributed by atoms with van der Waals surface area (Å²) in [6.45, 7) is 9.60. The Bertz CT molecular complexity index is 225. The highest BCUT2D eigenvalue weighted by atomic mass is 16.4. The fraction of sp³-hybridized carbons (Fsp3) is 0.833. The van der Waals surface area contributed by atoms with E-state index in [-0.39, 0.29) is 30.3 Å². The SMILES string of the molecule is CC(=O)CC(CC(=O)O)N(C(C)C)C(C)C.